The number of anilines is 1. The van der Waals surface area contributed by atoms with Gasteiger partial charge in [-0.05, 0) is 24.3 Å². The molecule has 8 heteroatoms. The van der Waals surface area contributed by atoms with Crippen molar-refractivity contribution < 1.29 is 18.3 Å². The summed E-state index contributed by atoms with van der Waals surface area (Å²) in [5.74, 6) is -1.15. The summed E-state index contributed by atoms with van der Waals surface area (Å²) in [6, 6.07) is 7.81. The molecule has 1 heterocycles. The number of carboxylic acid groups (broad SMARTS) is 1. The molecular weight excluding hydrogens is 354 g/mol. The molecule has 0 aliphatic rings. The molecule has 0 atom stereocenters. The van der Waals surface area contributed by atoms with Crippen LogP contribution >= 0.6 is 27.3 Å². The molecule has 0 radical (unpaired) electrons. The number of thiophene rings is 1. The Bertz CT molecular complexity index is 724. The lowest BCUT2D eigenvalue weighted by Crippen LogP contribution is -2.11. The molecule has 2 rings (SSSR count). The van der Waals surface area contributed by atoms with Crippen molar-refractivity contribution in [1.29, 1.82) is 0 Å². The molecule has 0 bridgehead atoms. The fourth-order valence-corrected chi connectivity index (χ4v) is 3.93. The number of carboxylic acids is 1. The van der Waals surface area contributed by atoms with Crippen molar-refractivity contribution in [3.05, 3.63) is 45.7 Å². The number of sulfonamides is 1. The first-order chi connectivity index (χ1) is 8.88. The van der Waals surface area contributed by atoms with Crippen molar-refractivity contribution in [1.82, 2.24) is 0 Å². The summed E-state index contributed by atoms with van der Waals surface area (Å²) in [5, 5.41) is 10.1. The predicted molar refractivity (Wildman–Crippen MR) is 76.2 cm³/mol. The number of aromatic carboxylic acids is 1. The van der Waals surface area contributed by atoms with Crippen molar-refractivity contribution in [3.8, 4) is 0 Å². The van der Waals surface area contributed by atoms with Gasteiger partial charge >= 0.3 is 5.97 Å². The first kappa shape index (κ1) is 14.0. The van der Waals surface area contributed by atoms with Gasteiger partial charge in [-0.25, -0.2) is 13.2 Å². The zero-order chi connectivity index (χ0) is 14.0. The molecule has 19 heavy (non-hydrogen) atoms. The monoisotopic (exact) mass is 361 g/mol. The van der Waals surface area contributed by atoms with Gasteiger partial charge < -0.3 is 5.11 Å². The van der Waals surface area contributed by atoms with Crippen LogP contribution in [0.3, 0.4) is 0 Å². The van der Waals surface area contributed by atoms with E-state index in [-0.39, 0.29) is 9.77 Å². The Balaban J connectivity index is 2.29. The van der Waals surface area contributed by atoms with Gasteiger partial charge in [-0.3, -0.25) is 4.72 Å². The van der Waals surface area contributed by atoms with Crippen molar-refractivity contribution in [2.45, 2.75) is 4.21 Å². The number of nitrogens with one attached hydrogen (secondary N) is 1. The molecule has 2 N–H and O–H groups in total. The summed E-state index contributed by atoms with van der Waals surface area (Å²) < 4.78 is 27.2. The molecular formula is C11H8BrNO4S2. The van der Waals surface area contributed by atoms with E-state index < -0.39 is 16.0 Å². The number of halogens is 1. The zero-order valence-electron chi connectivity index (χ0n) is 9.33. The third kappa shape index (κ3) is 3.34. The third-order valence-corrected chi connectivity index (χ3v) is 5.48. The van der Waals surface area contributed by atoms with Gasteiger partial charge in [-0.15, -0.1) is 11.3 Å². The first-order valence-corrected chi connectivity index (χ1v) is 8.14. The topological polar surface area (TPSA) is 83.5 Å². The highest BCUT2D eigenvalue weighted by Gasteiger charge is 2.19. The van der Waals surface area contributed by atoms with Gasteiger partial charge in [0.25, 0.3) is 10.0 Å². The lowest BCUT2D eigenvalue weighted by Gasteiger charge is -2.06. The van der Waals surface area contributed by atoms with E-state index in [1.807, 2.05) is 0 Å². The van der Waals surface area contributed by atoms with Crippen LogP contribution in [0.4, 0.5) is 5.69 Å². The van der Waals surface area contributed by atoms with Crippen LogP contribution in [-0.4, -0.2) is 19.5 Å². The van der Waals surface area contributed by atoms with Gasteiger partial charge in [0, 0.05) is 15.5 Å². The van der Waals surface area contributed by atoms with Crippen molar-refractivity contribution in [2.24, 2.45) is 0 Å². The van der Waals surface area contributed by atoms with Crippen LogP contribution in [0.1, 0.15) is 10.4 Å². The van der Waals surface area contributed by atoms with Crippen molar-refractivity contribution >= 4 is 48.9 Å². The SMILES string of the molecule is O=C(O)c1csc(S(=O)(=O)Nc2cccc(Br)c2)c1. The molecule has 0 aliphatic carbocycles. The highest BCUT2D eigenvalue weighted by Crippen LogP contribution is 2.24. The highest BCUT2D eigenvalue weighted by molar-refractivity contribution is 9.10. The normalized spacial score (nSPS) is 11.2. The van der Waals surface area contributed by atoms with Crippen LogP contribution < -0.4 is 4.72 Å². The molecule has 0 unspecified atom stereocenters. The number of hydrogen-bond donors (Lipinski definition) is 2. The molecule has 1 aromatic heterocycles. The molecule has 1 aromatic carbocycles. The van der Waals surface area contributed by atoms with E-state index in [1.165, 1.54) is 5.38 Å². The smallest absolute Gasteiger partial charge is 0.336 e. The lowest BCUT2D eigenvalue weighted by molar-refractivity contribution is 0.0697. The maximum atomic E-state index is 12.0. The predicted octanol–water partition coefficient (Wildman–Crippen LogP) is 3.01. The quantitative estimate of drug-likeness (QED) is 0.876. The second kappa shape index (κ2) is 5.32. The molecule has 0 spiro atoms. The fraction of sp³-hybridized carbons (Fsp3) is 0. The fourth-order valence-electron chi connectivity index (χ4n) is 1.33. The minimum absolute atomic E-state index is 0.0372. The molecule has 5 nitrogen and oxygen atoms in total. The van der Waals surface area contributed by atoms with E-state index in [1.54, 1.807) is 24.3 Å². The van der Waals surface area contributed by atoms with Gasteiger partial charge in [-0.2, -0.15) is 0 Å². The van der Waals surface area contributed by atoms with E-state index in [0.717, 1.165) is 21.9 Å². The van der Waals surface area contributed by atoms with E-state index in [2.05, 4.69) is 20.7 Å². The van der Waals surface area contributed by atoms with Gasteiger partial charge in [0.1, 0.15) is 4.21 Å². The minimum atomic E-state index is -3.76. The van der Waals surface area contributed by atoms with Crippen LogP contribution in [0.2, 0.25) is 0 Å². The Morgan fingerprint density at radius 3 is 2.63 bits per heavy atom. The summed E-state index contributed by atoms with van der Waals surface area (Å²) in [4.78, 5) is 10.7. The number of carbonyl (C=O) groups is 1. The summed E-state index contributed by atoms with van der Waals surface area (Å²) in [5.41, 5.74) is 0.360. The van der Waals surface area contributed by atoms with Crippen LogP contribution in [-0.2, 0) is 10.0 Å². The second-order valence-electron chi connectivity index (χ2n) is 3.58. The van der Waals surface area contributed by atoms with Gasteiger partial charge in [-0.1, -0.05) is 22.0 Å². The van der Waals surface area contributed by atoms with Gasteiger partial charge in [0.15, 0.2) is 0 Å². The average molecular weight is 362 g/mol. The van der Waals surface area contributed by atoms with Crippen molar-refractivity contribution in [2.75, 3.05) is 4.72 Å². The van der Waals surface area contributed by atoms with Gasteiger partial charge in [0.2, 0.25) is 0 Å². The van der Waals surface area contributed by atoms with E-state index in [9.17, 15) is 13.2 Å². The summed E-state index contributed by atoms with van der Waals surface area (Å²) in [7, 11) is -3.76. The van der Waals surface area contributed by atoms with Gasteiger partial charge in [0.05, 0.1) is 5.56 Å². The van der Waals surface area contributed by atoms with E-state index >= 15 is 0 Å². The molecule has 0 fully saturated rings. The van der Waals surface area contributed by atoms with E-state index in [4.69, 9.17) is 5.11 Å². The minimum Gasteiger partial charge on any atom is -0.478 e. The molecule has 0 amide bonds. The molecule has 100 valence electrons. The number of hydrogen-bond acceptors (Lipinski definition) is 4. The maximum absolute atomic E-state index is 12.0. The van der Waals surface area contributed by atoms with Crippen LogP contribution in [0, 0.1) is 0 Å². The molecule has 0 saturated carbocycles. The Morgan fingerprint density at radius 2 is 2.05 bits per heavy atom. The largest absolute Gasteiger partial charge is 0.478 e. The molecule has 2 aromatic rings. The first-order valence-electron chi connectivity index (χ1n) is 4.99. The summed E-state index contributed by atoms with van der Waals surface area (Å²) >= 11 is 4.10. The Kier molecular flexibility index (Phi) is 3.93. The van der Waals surface area contributed by atoms with E-state index in [0.29, 0.717) is 5.69 Å². The summed E-state index contributed by atoms with van der Waals surface area (Å²) in [6.45, 7) is 0. The van der Waals surface area contributed by atoms with Crippen LogP contribution in [0.5, 0.6) is 0 Å². The number of rotatable bonds is 4. The average Bonchev–Trinajstić information content (AvgIpc) is 2.78. The standard InChI is InChI=1S/C11H8BrNO4S2/c12-8-2-1-3-9(5-8)13-19(16,17)10-4-7(6-18-10)11(14)15/h1-6,13H,(H,14,15). The zero-order valence-corrected chi connectivity index (χ0v) is 12.5. The second-order valence-corrected chi connectivity index (χ2v) is 7.31. The number of benzene rings is 1. The van der Waals surface area contributed by atoms with Crippen LogP contribution in [0.25, 0.3) is 0 Å². The Morgan fingerprint density at radius 1 is 1.32 bits per heavy atom. The van der Waals surface area contributed by atoms with Crippen LogP contribution in [0.15, 0.2) is 44.4 Å². The highest BCUT2D eigenvalue weighted by atomic mass is 79.9. The Hall–Kier alpha value is -1.38. The molecule has 0 aliphatic heterocycles. The lowest BCUT2D eigenvalue weighted by atomic mass is 10.3. The third-order valence-electron chi connectivity index (χ3n) is 2.16. The Labute approximate surface area is 122 Å². The summed E-state index contributed by atoms with van der Waals surface area (Å²) in [6.07, 6.45) is 0. The van der Waals surface area contributed by atoms with Crippen molar-refractivity contribution in [3.63, 3.8) is 0 Å². The molecule has 0 saturated heterocycles. The maximum Gasteiger partial charge on any atom is 0.336 e.